The Balaban J connectivity index is 2.11. The number of amides is 1. The van der Waals surface area contributed by atoms with E-state index in [4.69, 9.17) is 4.74 Å². The topological polar surface area (TPSA) is 66.8 Å². The summed E-state index contributed by atoms with van der Waals surface area (Å²) in [5.41, 5.74) is 2.55. The molecule has 3 rings (SSSR count). The number of aliphatic hydroxyl groups excluding tert-OH is 1. The number of ether oxygens (including phenoxy) is 1. The lowest BCUT2D eigenvalue weighted by molar-refractivity contribution is -0.139. The van der Waals surface area contributed by atoms with E-state index in [1.807, 2.05) is 36.4 Å². The van der Waals surface area contributed by atoms with Crippen molar-refractivity contribution in [2.75, 3.05) is 13.7 Å². The van der Waals surface area contributed by atoms with Crippen LogP contribution < -0.4 is 4.74 Å². The van der Waals surface area contributed by atoms with Crippen molar-refractivity contribution < 1.29 is 19.4 Å². The summed E-state index contributed by atoms with van der Waals surface area (Å²) in [6.45, 7) is 4.61. The van der Waals surface area contributed by atoms with E-state index < -0.39 is 17.7 Å². The first-order valence-electron chi connectivity index (χ1n) is 10.5. The third-order valence-corrected chi connectivity index (χ3v) is 5.59. The summed E-state index contributed by atoms with van der Waals surface area (Å²) in [5.74, 6) is -0.706. The maximum Gasteiger partial charge on any atom is 0.295 e. The van der Waals surface area contributed by atoms with Crippen molar-refractivity contribution in [1.29, 1.82) is 0 Å². The van der Waals surface area contributed by atoms with Crippen LogP contribution in [0.25, 0.3) is 5.76 Å². The van der Waals surface area contributed by atoms with Gasteiger partial charge in [0, 0.05) is 12.1 Å². The van der Waals surface area contributed by atoms with Gasteiger partial charge in [0.2, 0.25) is 0 Å². The maximum absolute atomic E-state index is 13.0. The summed E-state index contributed by atoms with van der Waals surface area (Å²) < 4.78 is 5.34. The van der Waals surface area contributed by atoms with Crippen molar-refractivity contribution >= 4 is 17.4 Å². The SMILES string of the molecule is CCCCCN1C(=O)C(=O)/C(=C(\O)c2ccc(CC)cc2)C1c1cccc(OC)c1. The fourth-order valence-corrected chi connectivity index (χ4v) is 3.85. The predicted molar refractivity (Wildman–Crippen MR) is 117 cm³/mol. The number of rotatable bonds is 8. The van der Waals surface area contributed by atoms with Crippen LogP contribution in [0, 0.1) is 0 Å². The van der Waals surface area contributed by atoms with Gasteiger partial charge in [-0.05, 0) is 36.1 Å². The first kappa shape index (κ1) is 21.6. The van der Waals surface area contributed by atoms with Crippen LogP contribution in [-0.4, -0.2) is 35.4 Å². The third kappa shape index (κ3) is 4.25. The van der Waals surface area contributed by atoms with Crippen LogP contribution in [0.4, 0.5) is 0 Å². The molecule has 1 fully saturated rings. The van der Waals surface area contributed by atoms with Crippen LogP contribution in [0.15, 0.2) is 54.1 Å². The van der Waals surface area contributed by atoms with E-state index in [1.54, 1.807) is 24.1 Å². The molecule has 1 amide bonds. The molecule has 0 bridgehead atoms. The van der Waals surface area contributed by atoms with Crippen molar-refractivity contribution in [3.63, 3.8) is 0 Å². The van der Waals surface area contributed by atoms with E-state index >= 15 is 0 Å². The molecular weight excluding hydrogens is 378 g/mol. The number of carbonyl (C=O) groups is 2. The molecule has 0 saturated carbocycles. The third-order valence-electron chi connectivity index (χ3n) is 5.59. The van der Waals surface area contributed by atoms with Gasteiger partial charge in [0.05, 0.1) is 18.7 Å². The number of methoxy groups -OCH3 is 1. The number of aliphatic hydroxyl groups is 1. The van der Waals surface area contributed by atoms with Gasteiger partial charge < -0.3 is 14.7 Å². The number of Topliss-reactive ketones (excluding diaryl/α,β-unsaturated/α-hetero) is 1. The molecular formula is C25H29NO4. The Morgan fingerprint density at radius 1 is 1.07 bits per heavy atom. The number of hydrogen-bond acceptors (Lipinski definition) is 4. The highest BCUT2D eigenvalue weighted by Crippen LogP contribution is 2.40. The van der Waals surface area contributed by atoms with E-state index in [2.05, 4.69) is 13.8 Å². The zero-order valence-corrected chi connectivity index (χ0v) is 17.9. The Hall–Kier alpha value is -3.08. The maximum atomic E-state index is 13.0. The second kappa shape index (κ2) is 9.61. The van der Waals surface area contributed by atoms with E-state index in [-0.39, 0.29) is 11.3 Å². The average molecular weight is 408 g/mol. The predicted octanol–water partition coefficient (Wildman–Crippen LogP) is 4.87. The molecule has 30 heavy (non-hydrogen) atoms. The van der Waals surface area contributed by atoms with Gasteiger partial charge in [0.1, 0.15) is 11.5 Å². The molecule has 5 nitrogen and oxygen atoms in total. The molecule has 0 spiro atoms. The lowest BCUT2D eigenvalue weighted by Crippen LogP contribution is -2.30. The van der Waals surface area contributed by atoms with Gasteiger partial charge in [-0.3, -0.25) is 9.59 Å². The Morgan fingerprint density at radius 2 is 1.80 bits per heavy atom. The van der Waals surface area contributed by atoms with Crippen LogP contribution in [0.3, 0.4) is 0 Å². The monoisotopic (exact) mass is 407 g/mol. The van der Waals surface area contributed by atoms with Crippen molar-refractivity contribution in [2.45, 2.75) is 45.6 Å². The number of aryl methyl sites for hydroxylation is 1. The number of benzene rings is 2. The fourth-order valence-electron chi connectivity index (χ4n) is 3.85. The van der Waals surface area contributed by atoms with Crippen molar-refractivity contribution in [3.05, 3.63) is 70.8 Å². The molecule has 5 heteroatoms. The average Bonchev–Trinajstić information content (AvgIpc) is 3.04. The number of likely N-dealkylation sites (tertiary alicyclic amines) is 1. The van der Waals surface area contributed by atoms with Crippen LogP contribution >= 0.6 is 0 Å². The number of carbonyl (C=O) groups excluding carboxylic acids is 2. The van der Waals surface area contributed by atoms with Gasteiger partial charge >= 0.3 is 0 Å². The second-order valence-corrected chi connectivity index (χ2v) is 7.53. The molecule has 1 saturated heterocycles. The van der Waals surface area contributed by atoms with Gasteiger partial charge in [-0.15, -0.1) is 0 Å². The Kier molecular flexibility index (Phi) is 6.93. The van der Waals surface area contributed by atoms with Crippen molar-refractivity contribution in [1.82, 2.24) is 4.90 Å². The van der Waals surface area contributed by atoms with E-state index in [0.29, 0.717) is 17.9 Å². The largest absolute Gasteiger partial charge is 0.507 e. The molecule has 1 N–H and O–H groups in total. The quantitative estimate of drug-likeness (QED) is 0.293. The Morgan fingerprint density at radius 3 is 2.43 bits per heavy atom. The molecule has 0 aromatic heterocycles. The Bertz CT molecular complexity index is 946. The lowest BCUT2D eigenvalue weighted by Gasteiger charge is -2.25. The van der Waals surface area contributed by atoms with Gasteiger partial charge in [-0.25, -0.2) is 0 Å². The molecule has 2 aromatic carbocycles. The summed E-state index contributed by atoms with van der Waals surface area (Å²) in [6, 6.07) is 14.1. The molecule has 158 valence electrons. The highest BCUT2D eigenvalue weighted by molar-refractivity contribution is 6.46. The van der Waals surface area contributed by atoms with Crippen LogP contribution in [0.1, 0.15) is 55.8 Å². The van der Waals surface area contributed by atoms with Crippen LogP contribution in [-0.2, 0) is 16.0 Å². The zero-order chi connectivity index (χ0) is 21.7. The number of nitrogens with zero attached hydrogens (tertiary/aromatic N) is 1. The number of unbranched alkanes of at least 4 members (excludes halogenated alkanes) is 2. The molecule has 1 unspecified atom stereocenters. The normalized spacial score (nSPS) is 18.1. The summed E-state index contributed by atoms with van der Waals surface area (Å²) in [4.78, 5) is 27.5. The molecule has 1 aliphatic rings. The molecule has 1 aliphatic heterocycles. The molecule has 0 radical (unpaired) electrons. The molecule has 1 heterocycles. The van der Waals surface area contributed by atoms with Gasteiger partial charge in [0.25, 0.3) is 11.7 Å². The fraction of sp³-hybridized carbons (Fsp3) is 0.360. The summed E-state index contributed by atoms with van der Waals surface area (Å²) >= 11 is 0. The molecule has 1 atom stereocenters. The molecule has 2 aromatic rings. The second-order valence-electron chi connectivity index (χ2n) is 7.53. The minimum atomic E-state index is -0.642. The number of hydrogen-bond donors (Lipinski definition) is 1. The van der Waals surface area contributed by atoms with Crippen LogP contribution in [0.5, 0.6) is 5.75 Å². The van der Waals surface area contributed by atoms with Gasteiger partial charge in [0.15, 0.2) is 0 Å². The zero-order valence-electron chi connectivity index (χ0n) is 17.9. The highest BCUT2D eigenvalue weighted by Gasteiger charge is 2.45. The number of ketones is 1. The van der Waals surface area contributed by atoms with Gasteiger partial charge in [-0.2, -0.15) is 0 Å². The summed E-state index contributed by atoms with van der Waals surface area (Å²) in [7, 11) is 1.58. The first-order chi connectivity index (χ1) is 14.5. The standard InChI is InChI=1S/C25H29NO4/c1-4-6-7-15-26-22(19-9-8-10-20(16-19)30-3)21(24(28)25(26)29)23(27)18-13-11-17(5-2)12-14-18/h8-14,16,22,27H,4-7,15H2,1-3H3/b23-21-. The Labute approximate surface area is 178 Å². The van der Waals surface area contributed by atoms with E-state index in [1.165, 1.54) is 0 Å². The van der Waals surface area contributed by atoms with E-state index in [9.17, 15) is 14.7 Å². The molecule has 0 aliphatic carbocycles. The van der Waals surface area contributed by atoms with Crippen molar-refractivity contribution in [2.24, 2.45) is 0 Å². The first-order valence-corrected chi connectivity index (χ1v) is 10.5. The van der Waals surface area contributed by atoms with Gasteiger partial charge in [-0.1, -0.05) is 63.1 Å². The summed E-state index contributed by atoms with van der Waals surface area (Å²) in [5, 5.41) is 11.1. The highest BCUT2D eigenvalue weighted by atomic mass is 16.5. The summed E-state index contributed by atoms with van der Waals surface area (Å²) in [6.07, 6.45) is 3.66. The minimum absolute atomic E-state index is 0.133. The smallest absolute Gasteiger partial charge is 0.295 e. The van der Waals surface area contributed by atoms with Crippen molar-refractivity contribution in [3.8, 4) is 5.75 Å². The lowest BCUT2D eigenvalue weighted by atomic mass is 9.94. The van der Waals surface area contributed by atoms with E-state index in [0.717, 1.165) is 36.8 Å². The minimum Gasteiger partial charge on any atom is -0.507 e. The van der Waals surface area contributed by atoms with Crippen LogP contribution in [0.2, 0.25) is 0 Å².